The molecule has 0 saturated carbocycles. The smallest absolute Gasteiger partial charge is 0.220 e. The van der Waals surface area contributed by atoms with E-state index in [2.05, 4.69) is 10.6 Å². The molecule has 2 saturated heterocycles. The molecule has 0 spiro atoms. The van der Waals surface area contributed by atoms with Gasteiger partial charge in [0, 0.05) is 28.5 Å². The first kappa shape index (κ1) is 18.9. The third-order valence-electron chi connectivity index (χ3n) is 4.85. The fraction of sp³-hybridized carbons (Fsp3) is 0.588. The Hall–Kier alpha value is -0.480. The van der Waals surface area contributed by atoms with Gasteiger partial charge in [0.15, 0.2) is 0 Å². The van der Waals surface area contributed by atoms with Crippen LogP contribution in [-0.4, -0.2) is 18.0 Å². The molecule has 1 amide bonds. The predicted octanol–water partition coefficient (Wildman–Crippen LogP) is 4.51. The Morgan fingerprint density at radius 3 is 2.57 bits per heavy atom. The van der Waals surface area contributed by atoms with Crippen molar-refractivity contribution in [3.63, 3.8) is 0 Å². The van der Waals surface area contributed by atoms with Gasteiger partial charge in [-0.1, -0.05) is 29.3 Å². The third-order valence-corrected chi connectivity index (χ3v) is 5.41. The van der Waals surface area contributed by atoms with Gasteiger partial charge >= 0.3 is 0 Å². The minimum atomic E-state index is -0.101. The summed E-state index contributed by atoms with van der Waals surface area (Å²) in [5, 5.41) is 7.88. The van der Waals surface area contributed by atoms with Crippen molar-refractivity contribution in [3.8, 4) is 0 Å². The van der Waals surface area contributed by atoms with Crippen molar-refractivity contribution in [1.82, 2.24) is 10.6 Å². The van der Waals surface area contributed by atoms with Gasteiger partial charge in [-0.25, -0.2) is 0 Å². The van der Waals surface area contributed by atoms with Gasteiger partial charge in [-0.05, 0) is 56.2 Å². The second-order valence-electron chi connectivity index (χ2n) is 6.63. The van der Waals surface area contributed by atoms with Gasteiger partial charge in [-0.15, -0.1) is 12.4 Å². The van der Waals surface area contributed by atoms with Gasteiger partial charge in [0.1, 0.15) is 0 Å². The molecule has 0 radical (unpaired) electrons. The summed E-state index contributed by atoms with van der Waals surface area (Å²) in [6.07, 6.45) is 5.39. The average Bonchev–Trinajstić information content (AvgIpc) is 2.77. The van der Waals surface area contributed by atoms with Crippen LogP contribution in [-0.2, 0) is 4.79 Å². The van der Waals surface area contributed by atoms with Crippen LogP contribution < -0.4 is 10.6 Å². The Balaban J connectivity index is 0.00000192. The lowest BCUT2D eigenvalue weighted by atomic mass is 9.89. The number of amides is 1. The molecular formula is C17H23Cl3N2O. The second kappa shape index (κ2) is 8.06. The van der Waals surface area contributed by atoms with Crippen LogP contribution in [0.2, 0.25) is 10.0 Å². The number of carbonyl (C=O) groups is 1. The van der Waals surface area contributed by atoms with Crippen LogP contribution in [0, 0.1) is 5.92 Å². The Morgan fingerprint density at radius 1 is 1.30 bits per heavy atom. The Bertz CT molecular complexity index is 555. The van der Waals surface area contributed by atoms with E-state index < -0.39 is 0 Å². The molecule has 1 aromatic rings. The molecule has 6 heteroatoms. The number of nitrogens with one attached hydrogen (secondary N) is 2. The normalized spacial score (nSPS) is 27.2. The molecule has 2 heterocycles. The van der Waals surface area contributed by atoms with Crippen LogP contribution in [0.4, 0.5) is 0 Å². The lowest BCUT2D eigenvalue weighted by Gasteiger charge is -2.29. The number of rotatable bonds is 4. The number of benzene rings is 1. The van der Waals surface area contributed by atoms with Gasteiger partial charge in [0.25, 0.3) is 0 Å². The zero-order valence-corrected chi connectivity index (χ0v) is 15.5. The fourth-order valence-electron chi connectivity index (χ4n) is 3.83. The zero-order chi connectivity index (χ0) is 15.7. The Kier molecular flexibility index (Phi) is 6.61. The van der Waals surface area contributed by atoms with Crippen LogP contribution in [0.15, 0.2) is 18.2 Å². The van der Waals surface area contributed by atoms with Crippen molar-refractivity contribution in [2.75, 3.05) is 0 Å². The van der Waals surface area contributed by atoms with E-state index in [0.29, 0.717) is 34.5 Å². The predicted molar refractivity (Wildman–Crippen MR) is 97.6 cm³/mol. The summed E-state index contributed by atoms with van der Waals surface area (Å²) in [7, 11) is 0. The fourth-order valence-corrected chi connectivity index (χ4v) is 4.41. The molecule has 0 aromatic heterocycles. The number of hydrogen-bond acceptors (Lipinski definition) is 2. The number of fused-ring (bicyclic) bond motifs is 2. The highest BCUT2D eigenvalue weighted by Crippen LogP contribution is 2.33. The standard InChI is InChI=1S/C17H22Cl2N2O.ClH/c1-10(15-5-2-12(18)9-16(15)19)20-17(22)8-11-6-13-3-4-14(7-11)21-13;/h2,5,9-11,13-14,21H,3-4,6-8H2,1H3,(H,20,22);1H. The van der Waals surface area contributed by atoms with Crippen molar-refractivity contribution >= 4 is 41.5 Å². The topological polar surface area (TPSA) is 41.1 Å². The van der Waals surface area contributed by atoms with Gasteiger partial charge in [0.2, 0.25) is 5.91 Å². The highest BCUT2D eigenvalue weighted by atomic mass is 35.5. The van der Waals surface area contributed by atoms with Gasteiger partial charge in [-0.3, -0.25) is 4.79 Å². The molecule has 0 aliphatic carbocycles. The second-order valence-corrected chi connectivity index (χ2v) is 7.48. The van der Waals surface area contributed by atoms with Crippen LogP contribution in [0.5, 0.6) is 0 Å². The third kappa shape index (κ3) is 4.76. The van der Waals surface area contributed by atoms with Crippen LogP contribution in [0.25, 0.3) is 0 Å². The number of halogens is 3. The van der Waals surface area contributed by atoms with E-state index in [4.69, 9.17) is 23.2 Å². The first-order valence-electron chi connectivity index (χ1n) is 8.01. The summed E-state index contributed by atoms with van der Waals surface area (Å²) in [5.41, 5.74) is 0.907. The van der Waals surface area contributed by atoms with E-state index in [1.165, 1.54) is 12.8 Å². The first-order valence-corrected chi connectivity index (χ1v) is 8.77. The average molecular weight is 378 g/mol. The van der Waals surface area contributed by atoms with Crippen molar-refractivity contribution in [3.05, 3.63) is 33.8 Å². The van der Waals surface area contributed by atoms with E-state index >= 15 is 0 Å². The molecule has 2 N–H and O–H groups in total. The largest absolute Gasteiger partial charge is 0.350 e. The molecule has 3 atom stereocenters. The van der Waals surface area contributed by atoms with E-state index in [1.807, 2.05) is 13.0 Å². The quantitative estimate of drug-likeness (QED) is 0.810. The van der Waals surface area contributed by atoms with E-state index in [1.54, 1.807) is 12.1 Å². The minimum Gasteiger partial charge on any atom is -0.350 e. The monoisotopic (exact) mass is 376 g/mol. The van der Waals surface area contributed by atoms with E-state index in [9.17, 15) is 4.79 Å². The summed E-state index contributed by atoms with van der Waals surface area (Å²) in [6, 6.07) is 6.54. The lowest BCUT2D eigenvalue weighted by molar-refractivity contribution is -0.122. The SMILES string of the molecule is CC(NC(=O)CC1CC2CCC(C1)N2)c1ccc(Cl)cc1Cl.Cl. The highest BCUT2D eigenvalue weighted by Gasteiger charge is 2.34. The molecule has 1 aromatic carbocycles. The minimum absolute atomic E-state index is 0. The number of hydrogen-bond donors (Lipinski definition) is 2. The summed E-state index contributed by atoms with van der Waals surface area (Å²) in [4.78, 5) is 12.3. The lowest BCUT2D eigenvalue weighted by Crippen LogP contribution is -2.40. The summed E-state index contributed by atoms with van der Waals surface area (Å²) in [5.74, 6) is 0.622. The Labute approximate surface area is 153 Å². The van der Waals surface area contributed by atoms with Crippen LogP contribution in [0.1, 0.15) is 50.6 Å². The van der Waals surface area contributed by atoms with E-state index in [0.717, 1.165) is 18.4 Å². The van der Waals surface area contributed by atoms with Crippen LogP contribution in [0.3, 0.4) is 0 Å². The Morgan fingerprint density at radius 2 is 1.96 bits per heavy atom. The van der Waals surface area contributed by atoms with Crippen molar-refractivity contribution in [2.45, 2.75) is 57.2 Å². The highest BCUT2D eigenvalue weighted by molar-refractivity contribution is 6.35. The molecule has 2 aliphatic heterocycles. The van der Waals surface area contributed by atoms with Gasteiger partial charge in [0.05, 0.1) is 6.04 Å². The number of piperidine rings is 1. The van der Waals surface area contributed by atoms with Crippen LogP contribution >= 0.6 is 35.6 Å². The molecule has 23 heavy (non-hydrogen) atoms. The molecule has 128 valence electrons. The molecule has 2 fully saturated rings. The number of carbonyl (C=O) groups excluding carboxylic acids is 1. The maximum absolute atomic E-state index is 12.3. The molecule has 2 bridgehead atoms. The zero-order valence-electron chi connectivity index (χ0n) is 13.1. The van der Waals surface area contributed by atoms with Gasteiger partial charge < -0.3 is 10.6 Å². The van der Waals surface area contributed by atoms with Crippen molar-refractivity contribution < 1.29 is 4.79 Å². The molecule has 3 nitrogen and oxygen atoms in total. The molecule has 2 aliphatic rings. The molecule has 3 rings (SSSR count). The van der Waals surface area contributed by atoms with Crippen molar-refractivity contribution in [1.29, 1.82) is 0 Å². The molecule has 3 unspecified atom stereocenters. The van der Waals surface area contributed by atoms with E-state index in [-0.39, 0.29) is 24.4 Å². The van der Waals surface area contributed by atoms with Crippen molar-refractivity contribution in [2.24, 2.45) is 5.92 Å². The van der Waals surface area contributed by atoms with Gasteiger partial charge in [-0.2, -0.15) is 0 Å². The molecular weight excluding hydrogens is 355 g/mol. The first-order chi connectivity index (χ1) is 10.5. The summed E-state index contributed by atoms with van der Waals surface area (Å²) < 4.78 is 0. The summed E-state index contributed by atoms with van der Waals surface area (Å²) >= 11 is 12.1. The maximum atomic E-state index is 12.3. The maximum Gasteiger partial charge on any atom is 0.220 e. The summed E-state index contributed by atoms with van der Waals surface area (Å²) in [6.45, 7) is 1.96.